The lowest BCUT2D eigenvalue weighted by Gasteiger charge is -2.19. The second kappa shape index (κ2) is 5.30. The Hall–Kier alpha value is -2.20. The van der Waals surface area contributed by atoms with Gasteiger partial charge in [-0.15, -0.1) is 0 Å². The van der Waals surface area contributed by atoms with Crippen LogP contribution >= 0.6 is 15.9 Å². The first kappa shape index (κ1) is 13.8. The number of hydrogen-bond acceptors (Lipinski definition) is 3. The summed E-state index contributed by atoms with van der Waals surface area (Å²) in [5.74, 6) is -0.363. The highest BCUT2D eigenvalue weighted by atomic mass is 79.9. The van der Waals surface area contributed by atoms with Crippen molar-refractivity contribution in [2.24, 2.45) is 0 Å². The first-order valence-corrected chi connectivity index (χ1v) is 7.29. The molecule has 0 amide bonds. The standard InChI is InChI=1S/C17H12BrNO2/c1-10-6-8-11(9-7-10)19-15-14(18)16(20)12-4-2-3-5-13(12)17(15)21/h2-9,19H,1H3. The number of nitrogens with one attached hydrogen (secondary N) is 1. The monoisotopic (exact) mass is 341 g/mol. The van der Waals surface area contributed by atoms with Gasteiger partial charge in [-0.25, -0.2) is 0 Å². The number of allylic oxidation sites excluding steroid dienone is 2. The van der Waals surface area contributed by atoms with E-state index in [1.807, 2.05) is 31.2 Å². The number of benzene rings is 2. The van der Waals surface area contributed by atoms with Gasteiger partial charge in [-0.2, -0.15) is 0 Å². The van der Waals surface area contributed by atoms with Crippen LogP contribution in [0.15, 0.2) is 58.7 Å². The first-order chi connectivity index (χ1) is 10.1. The zero-order valence-electron chi connectivity index (χ0n) is 11.3. The summed E-state index contributed by atoms with van der Waals surface area (Å²) in [5, 5.41) is 3.04. The molecule has 2 aromatic carbocycles. The first-order valence-electron chi connectivity index (χ1n) is 6.50. The van der Waals surface area contributed by atoms with Gasteiger partial charge in [-0.1, -0.05) is 42.0 Å². The van der Waals surface area contributed by atoms with E-state index < -0.39 is 0 Å². The molecule has 0 heterocycles. The average molecular weight is 342 g/mol. The number of fused-ring (bicyclic) bond motifs is 1. The molecule has 0 fully saturated rings. The Morgan fingerprint density at radius 3 is 2.05 bits per heavy atom. The molecule has 0 atom stereocenters. The third kappa shape index (κ3) is 2.43. The maximum absolute atomic E-state index is 12.5. The van der Waals surface area contributed by atoms with Crippen LogP contribution in [0, 0.1) is 6.92 Å². The van der Waals surface area contributed by atoms with Gasteiger partial charge in [0, 0.05) is 16.8 Å². The highest BCUT2D eigenvalue weighted by molar-refractivity contribution is 9.12. The number of anilines is 1. The van der Waals surface area contributed by atoms with E-state index in [0.29, 0.717) is 11.1 Å². The summed E-state index contributed by atoms with van der Waals surface area (Å²) in [7, 11) is 0. The van der Waals surface area contributed by atoms with E-state index in [4.69, 9.17) is 0 Å². The van der Waals surface area contributed by atoms with Crippen LogP contribution in [0.5, 0.6) is 0 Å². The van der Waals surface area contributed by atoms with Crippen LogP contribution in [-0.2, 0) is 0 Å². The van der Waals surface area contributed by atoms with Crippen molar-refractivity contribution in [2.75, 3.05) is 5.32 Å². The molecule has 0 aromatic heterocycles. The van der Waals surface area contributed by atoms with Gasteiger partial charge in [0.15, 0.2) is 0 Å². The second-order valence-corrected chi connectivity index (χ2v) is 5.68. The molecule has 3 rings (SSSR count). The highest BCUT2D eigenvalue weighted by Gasteiger charge is 2.30. The largest absolute Gasteiger partial charge is 0.351 e. The summed E-state index contributed by atoms with van der Waals surface area (Å²) < 4.78 is 0.270. The Bertz CT molecular complexity index is 776. The number of ketones is 2. The maximum Gasteiger partial charge on any atom is 0.211 e. The lowest BCUT2D eigenvalue weighted by molar-refractivity contribution is 0.0983. The normalized spacial score (nSPS) is 14.2. The fraction of sp³-hybridized carbons (Fsp3) is 0.0588. The molecule has 0 radical (unpaired) electrons. The number of carbonyl (C=O) groups is 2. The Morgan fingerprint density at radius 2 is 1.43 bits per heavy atom. The summed E-state index contributed by atoms with van der Waals surface area (Å²) >= 11 is 3.25. The third-order valence-electron chi connectivity index (χ3n) is 3.38. The molecule has 2 aromatic rings. The number of rotatable bonds is 2. The van der Waals surface area contributed by atoms with Crippen LogP contribution in [0.1, 0.15) is 26.3 Å². The quantitative estimate of drug-likeness (QED) is 0.894. The number of Topliss-reactive ketones (excluding diaryl/α,β-unsaturated/α-hetero) is 2. The molecule has 0 saturated heterocycles. The van der Waals surface area contributed by atoms with Gasteiger partial charge in [-0.05, 0) is 35.0 Å². The molecule has 3 nitrogen and oxygen atoms in total. The fourth-order valence-corrected chi connectivity index (χ4v) is 2.73. The van der Waals surface area contributed by atoms with Crippen molar-refractivity contribution in [3.8, 4) is 0 Å². The lowest BCUT2D eigenvalue weighted by atomic mass is 9.92. The average Bonchev–Trinajstić information content (AvgIpc) is 2.51. The summed E-state index contributed by atoms with van der Waals surface area (Å²) in [4.78, 5) is 24.9. The molecule has 21 heavy (non-hydrogen) atoms. The van der Waals surface area contributed by atoms with Crippen LogP contribution in [0.2, 0.25) is 0 Å². The van der Waals surface area contributed by atoms with Gasteiger partial charge < -0.3 is 5.32 Å². The molecule has 1 aliphatic carbocycles. The molecule has 1 N–H and O–H groups in total. The van der Waals surface area contributed by atoms with E-state index in [0.717, 1.165) is 11.3 Å². The smallest absolute Gasteiger partial charge is 0.211 e. The molecule has 0 spiro atoms. The predicted molar refractivity (Wildman–Crippen MR) is 85.9 cm³/mol. The molecular weight excluding hydrogens is 330 g/mol. The van der Waals surface area contributed by atoms with Gasteiger partial charge >= 0.3 is 0 Å². The SMILES string of the molecule is Cc1ccc(NC2=C(Br)C(=O)c3ccccc3C2=O)cc1. The van der Waals surface area contributed by atoms with E-state index >= 15 is 0 Å². The van der Waals surface area contributed by atoms with Crippen LogP contribution in [0.3, 0.4) is 0 Å². The lowest BCUT2D eigenvalue weighted by Crippen LogP contribution is -2.24. The van der Waals surface area contributed by atoms with Crippen molar-refractivity contribution in [1.82, 2.24) is 0 Å². The summed E-state index contributed by atoms with van der Waals surface area (Å²) in [6.07, 6.45) is 0. The van der Waals surface area contributed by atoms with Crippen molar-refractivity contribution < 1.29 is 9.59 Å². The second-order valence-electron chi connectivity index (χ2n) is 4.88. The molecule has 0 bridgehead atoms. The Labute approximate surface area is 130 Å². The minimum absolute atomic E-state index is 0.181. The van der Waals surface area contributed by atoms with Crippen LogP contribution < -0.4 is 5.32 Å². The minimum Gasteiger partial charge on any atom is -0.351 e. The van der Waals surface area contributed by atoms with Gasteiger partial charge in [0.1, 0.15) is 5.70 Å². The van der Waals surface area contributed by atoms with Crippen molar-refractivity contribution in [2.45, 2.75) is 6.92 Å². The molecule has 0 unspecified atom stereocenters. The Balaban J connectivity index is 2.02. The molecule has 4 heteroatoms. The van der Waals surface area contributed by atoms with Crippen molar-refractivity contribution in [3.63, 3.8) is 0 Å². The van der Waals surface area contributed by atoms with Crippen molar-refractivity contribution >= 4 is 33.2 Å². The molecule has 0 aliphatic heterocycles. The minimum atomic E-state index is -0.183. The highest BCUT2D eigenvalue weighted by Crippen LogP contribution is 2.30. The van der Waals surface area contributed by atoms with E-state index in [1.165, 1.54) is 0 Å². The summed E-state index contributed by atoms with van der Waals surface area (Å²) in [6, 6.07) is 14.5. The van der Waals surface area contributed by atoms with Crippen molar-refractivity contribution in [1.29, 1.82) is 0 Å². The zero-order chi connectivity index (χ0) is 15.0. The van der Waals surface area contributed by atoms with E-state index in [2.05, 4.69) is 21.2 Å². The van der Waals surface area contributed by atoms with Crippen molar-refractivity contribution in [3.05, 3.63) is 75.4 Å². The zero-order valence-corrected chi connectivity index (χ0v) is 12.9. The molecule has 1 aliphatic rings. The number of carbonyl (C=O) groups excluding carboxylic acids is 2. The third-order valence-corrected chi connectivity index (χ3v) is 4.14. The van der Waals surface area contributed by atoms with E-state index in [-0.39, 0.29) is 21.7 Å². The number of halogens is 1. The molecule has 0 saturated carbocycles. The van der Waals surface area contributed by atoms with Gasteiger partial charge in [0.25, 0.3) is 0 Å². The Kier molecular flexibility index (Phi) is 3.47. The summed E-state index contributed by atoms with van der Waals surface area (Å²) in [6.45, 7) is 1.99. The van der Waals surface area contributed by atoms with Gasteiger partial charge in [-0.3, -0.25) is 9.59 Å². The predicted octanol–water partition coefficient (Wildman–Crippen LogP) is 4.09. The number of aryl methyl sites for hydroxylation is 1. The van der Waals surface area contributed by atoms with E-state index in [1.54, 1.807) is 24.3 Å². The van der Waals surface area contributed by atoms with Crippen LogP contribution in [-0.4, -0.2) is 11.6 Å². The molecular formula is C17H12BrNO2. The maximum atomic E-state index is 12.5. The topological polar surface area (TPSA) is 46.2 Å². The summed E-state index contributed by atoms with van der Waals surface area (Å²) in [5.41, 5.74) is 3.05. The van der Waals surface area contributed by atoms with Crippen LogP contribution in [0.25, 0.3) is 0 Å². The molecule has 104 valence electrons. The van der Waals surface area contributed by atoms with E-state index in [9.17, 15) is 9.59 Å². The van der Waals surface area contributed by atoms with Crippen LogP contribution in [0.4, 0.5) is 5.69 Å². The number of hydrogen-bond donors (Lipinski definition) is 1. The fourth-order valence-electron chi connectivity index (χ4n) is 2.24. The van der Waals surface area contributed by atoms with Gasteiger partial charge in [0.2, 0.25) is 11.6 Å². The van der Waals surface area contributed by atoms with Gasteiger partial charge in [0.05, 0.1) is 4.48 Å². The Morgan fingerprint density at radius 1 is 0.857 bits per heavy atom.